The molecule has 0 heterocycles. The normalized spacial score (nSPS) is 12.2. The number of hydrogen-bond acceptors (Lipinski definition) is 2. The lowest BCUT2D eigenvalue weighted by Crippen LogP contribution is -2.00. The lowest BCUT2D eigenvalue weighted by Gasteiger charge is -2.13. The summed E-state index contributed by atoms with van der Waals surface area (Å²) in [4.78, 5) is 0. The number of aliphatic hydroxyl groups is 1. The SMILES string of the molecule is COc1cccc(C(O)c2ccc(I)c(Cl)c2)c1. The summed E-state index contributed by atoms with van der Waals surface area (Å²) in [5.41, 5.74) is 1.56. The van der Waals surface area contributed by atoms with Gasteiger partial charge in [-0.05, 0) is 58.0 Å². The highest BCUT2D eigenvalue weighted by Gasteiger charge is 2.12. The summed E-state index contributed by atoms with van der Waals surface area (Å²) in [6, 6.07) is 12.9. The van der Waals surface area contributed by atoms with E-state index in [1.54, 1.807) is 13.2 Å². The molecule has 0 spiro atoms. The first-order valence-corrected chi connectivity index (χ1v) is 6.84. The molecule has 0 bridgehead atoms. The van der Waals surface area contributed by atoms with Crippen molar-refractivity contribution in [3.63, 3.8) is 0 Å². The first kappa shape index (κ1) is 13.6. The highest BCUT2D eigenvalue weighted by atomic mass is 127. The number of ether oxygens (including phenoxy) is 1. The fourth-order valence-electron chi connectivity index (χ4n) is 1.69. The first-order chi connectivity index (χ1) is 8.61. The molecule has 0 aliphatic carbocycles. The molecule has 0 aromatic heterocycles. The zero-order chi connectivity index (χ0) is 13.1. The summed E-state index contributed by atoms with van der Waals surface area (Å²) < 4.78 is 6.11. The van der Waals surface area contributed by atoms with Gasteiger partial charge in [-0.3, -0.25) is 0 Å². The van der Waals surface area contributed by atoms with Gasteiger partial charge in [-0.2, -0.15) is 0 Å². The van der Waals surface area contributed by atoms with Crippen LogP contribution in [0.5, 0.6) is 5.75 Å². The van der Waals surface area contributed by atoms with Gasteiger partial charge in [0.25, 0.3) is 0 Å². The highest BCUT2D eigenvalue weighted by molar-refractivity contribution is 14.1. The monoisotopic (exact) mass is 374 g/mol. The van der Waals surface area contributed by atoms with Crippen LogP contribution in [0, 0.1) is 3.57 Å². The van der Waals surface area contributed by atoms with Gasteiger partial charge in [0.2, 0.25) is 0 Å². The van der Waals surface area contributed by atoms with Crippen LogP contribution in [-0.4, -0.2) is 12.2 Å². The van der Waals surface area contributed by atoms with Crippen molar-refractivity contribution in [1.82, 2.24) is 0 Å². The predicted octanol–water partition coefficient (Wildman–Crippen LogP) is 4.03. The Bertz CT molecular complexity index is 557. The summed E-state index contributed by atoms with van der Waals surface area (Å²) in [5.74, 6) is 0.725. The van der Waals surface area contributed by atoms with Crippen LogP contribution < -0.4 is 4.74 Å². The van der Waals surface area contributed by atoms with E-state index < -0.39 is 6.10 Å². The zero-order valence-corrected chi connectivity index (χ0v) is 12.6. The Labute approximate surface area is 125 Å². The molecule has 1 unspecified atom stereocenters. The lowest BCUT2D eigenvalue weighted by molar-refractivity contribution is 0.220. The van der Waals surface area contributed by atoms with Crippen molar-refractivity contribution < 1.29 is 9.84 Å². The molecule has 2 aromatic rings. The maximum Gasteiger partial charge on any atom is 0.119 e. The van der Waals surface area contributed by atoms with Crippen molar-refractivity contribution in [2.24, 2.45) is 0 Å². The van der Waals surface area contributed by atoms with Crippen molar-refractivity contribution in [1.29, 1.82) is 0 Å². The van der Waals surface area contributed by atoms with E-state index in [1.807, 2.05) is 36.4 Å². The average molecular weight is 375 g/mol. The van der Waals surface area contributed by atoms with Crippen molar-refractivity contribution in [3.05, 3.63) is 62.2 Å². The van der Waals surface area contributed by atoms with Crippen LogP contribution in [0.15, 0.2) is 42.5 Å². The quantitative estimate of drug-likeness (QED) is 0.822. The van der Waals surface area contributed by atoms with Crippen molar-refractivity contribution in [2.75, 3.05) is 7.11 Å². The summed E-state index contributed by atoms with van der Waals surface area (Å²) >= 11 is 8.22. The standard InChI is InChI=1S/C14H12ClIO2/c1-18-11-4-2-3-9(7-11)14(17)10-5-6-13(16)12(15)8-10/h2-8,14,17H,1H3. The van der Waals surface area contributed by atoms with Gasteiger partial charge in [0.1, 0.15) is 11.9 Å². The molecule has 2 nitrogen and oxygen atoms in total. The number of aliphatic hydroxyl groups excluding tert-OH is 1. The second-order valence-corrected chi connectivity index (χ2v) is 5.42. The maximum absolute atomic E-state index is 10.3. The maximum atomic E-state index is 10.3. The van der Waals surface area contributed by atoms with E-state index in [4.69, 9.17) is 16.3 Å². The minimum atomic E-state index is -0.699. The first-order valence-electron chi connectivity index (χ1n) is 5.39. The molecule has 0 fully saturated rings. The fourth-order valence-corrected chi connectivity index (χ4v) is 2.21. The molecule has 1 atom stereocenters. The number of rotatable bonds is 3. The molecule has 1 N–H and O–H groups in total. The van der Waals surface area contributed by atoms with Crippen LogP contribution in [0.3, 0.4) is 0 Å². The van der Waals surface area contributed by atoms with Gasteiger partial charge in [0.05, 0.1) is 12.1 Å². The Hall–Kier alpha value is -0.780. The molecule has 4 heteroatoms. The molecule has 2 aromatic carbocycles. The van der Waals surface area contributed by atoms with Crippen LogP contribution in [0.25, 0.3) is 0 Å². The predicted molar refractivity (Wildman–Crippen MR) is 81.2 cm³/mol. The lowest BCUT2D eigenvalue weighted by atomic mass is 10.0. The van der Waals surface area contributed by atoms with Crippen LogP contribution in [0.1, 0.15) is 17.2 Å². The molecule has 94 valence electrons. The number of benzene rings is 2. The Kier molecular flexibility index (Phi) is 4.48. The fraction of sp³-hybridized carbons (Fsp3) is 0.143. The second-order valence-electron chi connectivity index (χ2n) is 3.85. The van der Waals surface area contributed by atoms with Crippen molar-refractivity contribution in [2.45, 2.75) is 6.10 Å². The smallest absolute Gasteiger partial charge is 0.119 e. The van der Waals surface area contributed by atoms with E-state index in [1.165, 1.54) is 0 Å². The minimum Gasteiger partial charge on any atom is -0.497 e. The van der Waals surface area contributed by atoms with Crippen molar-refractivity contribution >= 4 is 34.2 Å². The Morgan fingerprint density at radius 2 is 1.89 bits per heavy atom. The molecule has 0 saturated carbocycles. The number of hydrogen-bond donors (Lipinski definition) is 1. The van der Waals surface area contributed by atoms with Gasteiger partial charge in [-0.25, -0.2) is 0 Å². The minimum absolute atomic E-state index is 0.648. The van der Waals surface area contributed by atoms with Gasteiger partial charge in [0, 0.05) is 3.57 Å². The van der Waals surface area contributed by atoms with E-state index in [0.29, 0.717) is 5.02 Å². The zero-order valence-electron chi connectivity index (χ0n) is 9.73. The molecule has 0 radical (unpaired) electrons. The number of halogens is 2. The third kappa shape index (κ3) is 2.96. The van der Waals surface area contributed by atoms with Crippen LogP contribution in [0.4, 0.5) is 0 Å². The molecule has 0 aliphatic heterocycles. The summed E-state index contributed by atoms with van der Waals surface area (Å²) in [5, 5.41) is 11.0. The van der Waals surface area contributed by atoms with Crippen LogP contribution in [-0.2, 0) is 0 Å². The third-order valence-corrected chi connectivity index (χ3v) is 4.24. The Balaban J connectivity index is 2.34. The Morgan fingerprint density at radius 3 is 2.56 bits per heavy atom. The molecular weight excluding hydrogens is 363 g/mol. The van der Waals surface area contributed by atoms with Gasteiger partial charge in [0.15, 0.2) is 0 Å². The van der Waals surface area contributed by atoms with Crippen molar-refractivity contribution in [3.8, 4) is 5.75 Å². The molecular formula is C14H12ClIO2. The Morgan fingerprint density at radius 1 is 1.17 bits per heavy atom. The molecule has 0 amide bonds. The molecule has 2 rings (SSSR count). The van der Waals surface area contributed by atoms with E-state index in [2.05, 4.69) is 22.6 Å². The van der Waals surface area contributed by atoms with E-state index in [9.17, 15) is 5.11 Å². The number of methoxy groups -OCH3 is 1. The van der Waals surface area contributed by atoms with E-state index >= 15 is 0 Å². The summed E-state index contributed by atoms with van der Waals surface area (Å²) in [7, 11) is 1.60. The van der Waals surface area contributed by atoms with E-state index in [0.717, 1.165) is 20.4 Å². The van der Waals surface area contributed by atoms with Gasteiger partial charge >= 0.3 is 0 Å². The molecule has 0 saturated heterocycles. The topological polar surface area (TPSA) is 29.5 Å². The van der Waals surface area contributed by atoms with Gasteiger partial charge in [-0.15, -0.1) is 0 Å². The van der Waals surface area contributed by atoms with Gasteiger partial charge in [-0.1, -0.05) is 29.8 Å². The van der Waals surface area contributed by atoms with Crippen LogP contribution >= 0.6 is 34.2 Å². The van der Waals surface area contributed by atoms with Crippen LogP contribution in [0.2, 0.25) is 5.02 Å². The van der Waals surface area contributed by atoms with Gasteiger partial charge < -0.3 is 9.84 Å². The second kappa shape index (κ2) is 5.91. The average Bonchev–Trinajstić information content (AvgIpc) is 2.41. The largest absolute Gasteiger partial charge is 0.497 e. The highest BCUT2D eigenvalue weighted by Crippen LogP contribution is 2.28. The van der Waals surface area contributed by atoms with E-state index in [-0.39, 0.29) is 0 Å². The molecule has 18 heavy (non-hydrogen) atoms. The summed E-state index contributed by atoms with van der Waals surface area (Å²) in [6.07, 6.45) is -0.699. The third-order valence-electron chi connectivity index (χ3n) is 2.67. The summed E-state index contributed by atoms with van der Waals surface area (Å²) in [6.45, 7) is 0. The molecule has 0 aliphatic rings.